The van der Waals surface area contributed by atoms with Crippen LogP contribution >= 0.6 is 22.9 Å². The Morgan fingerprint density at radius 1 is 1.15 bits per heavy atom. The molecule has 6 nitrogen and oxygen atoms in total. The molecule has 2 N–H and O–H groups in total. The molecule has 1 aliphatic rings. The number of carbonyl (C=O) groups is 1. The molecule has 0 saturated carbocycles. The van der Waals surface area contributed by atoms with Crippen LogP contribution in [0.4, 0.5) is 5.69 Å². The molecule has 34 heavy (non-hydrogen) atoms. The van der Waals surface area contributed by atoms with Gasteiger partial charge in [0.05, 0.1) is 19.9 Å². The van der Waals surface area contributed by atoms with E-state index in [1.54, 1.807) is 38.5 Å². The quantitative estimate of drug-likeness (QED) is 0.373. The number of carbonyl (C=O) groups excluding carboxylic acids is 1. The molecule has 0 amide bonds. The van der Waals surface area contributed by atoms with Crippen molar-refractivity contribution in [3.05, 3.63) is 69.2 Å². The largest absolute Gasteiger partial charge is 0.493 e. The number of benzene rings is 2. The Balaban J connectivity index is 1.81. The number of methoxy groups -OCH3 is 2. The number of thiophene rings is 1. The van der Waals surface area contributed by atoms with E-state index in [9.17, 15) is 4.79 Å². The van der Waals surface area contributed by atoms with E-state index in [4.69, 9.17) is 31.8 Å². The van der Waals surface area contributed by atoms with Crippen LogP contribution in [0.25, 0.3) is 21.3 Å². The summed E-state index contributed by atoms with van der Waals surface area (Å²) < 4.78 is 11.4. The highest BCUT2D eigenvalue weighted by Crippen LogP contribution is 2.48. The summed E-state index contributed by atoms with van der Waals surface area (Å²) in [5, 5.41) is 1.36. The molecule has 0 bridgehead atoms. The second kappa shape index (κ2) is 8.91. The van der Waals surface area contributed by atoms with Gasteiger partial charge in [-0.2, -0.15) is 0 Å². The van der Waals surface area contributed by atoms with E-state index in [-0.39, 0.29) is 5.78 Å². The number of likely N-dealkylation sites (N-methyl/N-ethyl adjacent to an activating group) is 1. The summed E-state index contributed by atoms with van der Waals surface area (Å²) in [6.45, 7) is 1.64. The number of halogens is 1. The number of ketones is 1. The molecular formula is C26H24ClN3O3S. The smallest absolute Gasteiger partial charge is 0.205 e. The minimum Gasteiger partial charge on any atom is -0.493 e. The fraction of sp³-hybridized carbons (Fsp3) is 0.231. The lowest BCUT2D eigenvalue weighted by Crippen LogP contribution is -2.28. The maximum absolute atomic E-state index is 13.4. The third kappa shape index (κ3) is 3.70. The molecule has 8 heteroatoms. The Bertz CT molecular complexity index is 1420. The highest BCUT2D eigenvalue weighted by molar-refractivity contribution is 7.21. The molecule has 0 radical (unpaired) electrons. The first kappa shape index (κ1) is 22.7. The van der Waals surface area contributed by atoms with E-state index in [1.165, 1.54) is 11.3 Å². The number of para-hydroxylation sites is 1. The van der Waals surface area contributed by atoms with Gasteiger partial charge in [-0.15, -0.1) is 11.3 Å². The van der Waals surface area contributed by atoms with Gasteiger partial charge < -0.3 is 20.1 Å². The van der Waals surface area contributed by atoms with Gasteiger partial charge in [-0.3, -0.25) is 4.79 Å². The number of aromatic nitrogens is 1. The first-order valence-corrected chi connectivity index (χ1v) is 12.1. The average molecular weight is 494 g/mol. The van der Waals surface area contributed by atoms with Gasteiger partial charge in [0, 0.05) is 52.3 Å². The average Bonchev–Trinajstić information content (AvgIpc) is 3.18. The number of hydrogen-bond acceptors (Lipinski definition) is 7. The van der Waals surface area contributed by atoms with Crippen LogP contribution < -0.4 is 15.2 Å². The Morgan fingerprint density at radius 3 is 2.62 bits per heavy atom. The van der Waals surface area contributed by atoms with Gasteiger partial charge in [-0.25, -0.2) is 4.98 Å². The molecule has 0 atom stereocenters. The molecule has 0 aliphatic carbocycles. The third-order valence-electron chi connectivity index (χ3n) is 6.21. The fourth-order valence-electron chi connectivity index (χ4n) is 4.54. The first-order valence-electron chi connectivity index (χ1n) is 10.9. The van der Waals surface area contributed by atoms with Crippen LogP contribution in [0.5, 0.6) is 11.5 Å². The van der Waals surface area contributed by atoms with Crippen molar-refractivity contribution in [2.45, 2.75) is 13.0 Å². The summed E-state index contributed by atoms with van der Waals surface area (Å²) in [4.78, 5) is 21.9. The van der Waals surface area contributed by atoms with Crippen molar-refractivity contribution in [2.24, 2.45) is 0 Å². The van der Waals surface area contributed by atoms with Crippen molar-refractivity contribution >= 4 is 44.6 Å². The molecule has 0 saturated heterocycles. The van der Waals surface area contributed by atoms with E-state index in [0.717, 1.165) is 52.1 Å². The molecule has 2 aromatic carbocycles. The SMILES string of the molecule is COc1cccc(-c2c3c(nc4sc(C(=O)c5ccc(Cl)cc5)c(N)c24)CCN(C)C3)c1OC. The topological polar surface area (TPSA) is 77.7 Å². The number of rotatable bonds is 5. The van der Waals surface area contributed by atoms with Crippen LogP contribution in [0, 0.1) is 0 Å². The molecule has 0 spiro atoms. The van der Waals surface area contributed by atoms with Crippen LogP contribution in [0.2, 0.25) is 5.02 Å². The summed E-state index contributed by atoms with van der Waals surface area (Å²) in [5.41, 5.74) is 11.6. The number of hydrogen-bond donors (Lipinski definition) is 1. The lowest BCUT2D eigenvalue weighted by Gasteiger charge is -2.27. The lowest BCUT2D eigenvalue weighted by atomic mass is 9.91. The van der Waals surface area contributed by atoms with Crippen LogP contribution in [-0.2, 0) is 13.0 Å². The number of pyridine rings is 1. The highest BCUT2D eigenvalue weighted by Gasteiger charge is 2.29. The van der Waals surface area contributed by atoms with E-state index >= 15 is 0 Å². The number of nitrogen functional groups attached to an aromatic ring is 1. The number of ether oxygens (including phenoxy) is 2. The first-order chi connectivity index (χ1) is 16.4. The second-order valence-electron chi connectivity index (χ2n) is 8.30. The van der Waals surface area contributed by atoms with Crippen LogP contribution in [0.1, 0.15) is 26.5 Å². The van der Waals surface area contributed by atoms with Crippen molar-refractivity contribution in [1.82, 2.24) is 9.88 Å². The van der Waals surface area contributed by atoms with E-state index in [2.05, 4.69) is 11.9 Å². The molecule has 3 heterocycles. The zero-order valence-corrected chi connectivity index (χ0v) is 20.7. The Kier molecular flexibility index (Phi) is 5.93. The van der Waals surface area contributed by atoms with Gasteiger partial charge in [0.1, 0.15) is 9.71 Å². The lowest BCUT2D eigenvalue weighted by molar-refractivity contribution is 0.104. The minimum absolute atomic E-state index is 0.143. The highest BCUT2D eigenvalue weighted by atomic mass is 35.5. The van der Waals surface area contributed by atoms with Crippen molar-refractivity contribution < 1.29 is 14.3 Å². The molecule has 1 aliphatic heterocycles. The summed E-state index contributed by atoms with van der Waals surface area (Å²) in [6.07, 6.45) is 0.819. The molecular weight excluding hydrogens is 470 g/mol. The van der Waals surface area contributed by atoms with Crippen molar-refractivity contribution in [3.8, 4) is 22.6 Å². The molecule has 0 fully saturated rings. The van der Waals surface area contributed by atoms with Gasteiger partial charge in [0.2, 0.25) is 5.78 Å². The van der Waals surface area contributed by atoms with E-state index < -0.39 is 0 Å². The van der Waals surface area contributed by atoms with Gasteiger partial charge in [0.15, 0.2) is 11.5 Å². The Morgan fingerprint density at radius 2 is 1.91 bits per heavy atom. The number of fused-ring (bicyclic) bond motifs is 2. The van der Waals surface area contributed by atoms with Gasteiger partial charge in [0.25, 0.3) is 0 Å². The number of anilines is 1. The van der Waals surface area contributed by atoms with Crippen molar-refractivity contribution in [3.63, 3.8) is 0 Å². The maximum Gasteiger partial charge on any atom is 0.205 e. The molecule has 174 valence electrons. The standard InChI is InChI=1S/C26H24ClN3O3S/c1-30-12-11-18-17(13-30)20(16-5-4-6-19(32-2)24(16)33-3)21-22(28)25(34-26(21)29-18)23(31)14-7-9-15(27)10-8-14/h4-10H,11-13,28H2,1-3H3. The summed E-state index contributed by atoms with van der Waals surface area (Å²) >= 11 is 7.35. The molecule has 5 rings (SSSR count). The zero-order valence-electron chi connectivity index (χ0n) is 19.1. The molecule has 0 unspecified atom stereocenters. The number of nitrogens with two attached hydrogens (primary N) is 1. The van der Waals surface area contributed by atoms with E-state index in [1.807, 2.05) is 18.2 Å². The Labute approximate surface area is 206 Å². The molecule has 2 aromatic heterocycles. The summed E-state index contributed by atoms with van der Waals surface area (Å²) in [7, 11) is 5.34. The van der Waals surface area contributed by atoms with Crippen LogP contribution in [-0.4, -0.2) is 43.5 Å². The van der Waals surface area contributed by atoms with Crippen LogP contribution in [0.3, 0.4) is 0 Å². The summed E-state index contributed by atoms with van der Waals surface area (Å²) in [5.74, 6) is 1.12. The van der Waals surface area contributed by atoms with E-state index in [0.29, 0.717) is 32.6 Å². The minimum atomic E-state index is -0.143. The summed E-state index contributed by atoms with van der Waals surface area (Å²) in [6, 6.07) is 12.6. The van der Waals surface area contributed by atoms with Gasteiger partial charge in [-0.05, 0) is 42.9 Å². The molecule has 4 aromatic rings. The van der Waals surface area contributed by atoms with Gasteiger partial charge in [-0.1, -0.05) is 23.7 Å². The maximum atomic E-state index is 13.4. The van der Waals surface area contributed by atoms with Crippen molar-refractivity contribution in [1.29, 1.82) is 0 Å². The second-order valence-corrected chi connectivity index (χ2v) is 9.74. The van der Waals surface area contributed by atoms with Gasteiger partial charge >= 0.3 is 0 Å². The predicted molar refractivity (Wildman–Crippen MR) is 137 cm³/mol. The van der Waals surface area contributed by atoms with Crippen molar-refractivity contribution in [2.75, 3.05) is 33.5 Å². The zero-order chi connectivity index (χ0) is 24.0. The third-order valence-corrected chi connectivity index (χ3v) is 7.56. The van der Waals surface area contributed by atoms with Crippen LogP contribution in [0.15, 0.2) is 42.5 Å². The predicted octanol–water partition coefficient (Wildman–Crippen LogP) is 5.44. The number of nitrogens with zero attached hydrogens (tertiary/aromatic N) is 2. The normalized spacial score (nSPS) is 13.6. The Hall–Kier alpha value is -3.13. The monoisotopic (exact) mass is 493 g/mol. The fourth-order valence-corrected chi connectivity index (χ4v) is 5.75.